The zero-order valence-corrected chi connectivity index (χ0v) is 22.9. The van der Waals surface area contributed by atoms with E-state index >= 15 is 0 Å². The molecule has 34 heavy (non-hydrogen) atoms. The van der Waals surface area contributed by atoms with E-state index in [4.69, 9.17) is 0 Å². The van der Waals surface area contributed by atoms with Crippen molar-refractivity contribution in [3.63, 3.8) is 0 Å². The Morgan fingerprint density at radius 3 is 0.794 bits per heavy atom. The number of rotatable bonds is 6. The van der Waals surface area contributed by atoms with Gasteiger partial charge in [-0.3, -0.25) is 0 Å². The Labute approximate surface area is 217 Å². The van der Waals surface area contributed by atoms with E-state index in [0.717, 1.165) is 55.2 Å². The molecule has 3 aromatic rings. The average Bonchev–Trinajstić information content (AvgIpc) is 2.84. The number of aryl methyl sites for hydroxylation is 3. The summed E-state index contributed by atoms with van der Waals surface area (Å²) in [4.78, 5) is 0. The molecule has 0 aliphatic rings. The molecule has 0 aliphatic carbocycles. The van der Waals surface area contributed by atoms with Gasteiger partial charge in [0.15, 0.2) is 0 Å². The molecule has 3 rings (SSSR count). The third-order valence-electron chi connectivity index (χ3n) is 5.89. The summed E-state index contributed by atoms with van der Waals surface area (Å²) >= 11 is 0. The molecule has 0 N–H and O–H groups in total. The number of hydrogen-bond donors (Lipinski definition) is 0. The van der Waals surface area contributed by atoms with Crippen LogP contribution < -0.4 is 15.3 Å². The van der Waals surface area contributed by atoms with Crippen LogP contribution in [0.3, 0.4) is 0 Å². The second-order valence-electron chi connectivity index (χ2n) is 7.80. The zero-order valence-electron chi connectivity index (χ0n) is 21.7. The first kappa shape index (κ1) is 31.6. The Bertz CT molecular complexity index is 856. The molecule has 0 bridgehead atoms. The van der Waals surface area contributed by atoms with Crippen molar-refractivity contribution in [3.8, 4) is 17.2 Å². The molecule has 3 nitrogen and oxygen atoms in total. The van der Waals surface area contributed by atoms with Crippen LogP contribution in [-0.2, 0) is 38.5 Å². The fourth-order valence-electron chi connectivity index (χ4n) is 4.03. The maximum Gasteiger partial charge on any atom is 3.00 e. The van der Waals surface area contributed by atoms with Gasteiger partial charge in [0.1, 0.15) is 0 Å². The molecule has 0 atom stereocenters. The SMILES string of the molecule is CCc1cccc([O-])c1CC.CCc1cccc([O-])c1CC.CCc1cccc([O-])c1CC.[Al+3]. The molecule has 0 saturated carbocycles. The van der Waals surface area contributed by atoms with E-state index in [0.29, 0.717) is 0 Å². The van der Waals surface area contributed by atoms with Gasteiger partial charge in [-0.05, 0) is 55.2 Å². The van der Waals surface area contributed by atoms with E-state index in [-0.39, 0.29) is 34.6 Å². The van der Waals surface area contributed by atoms with Gasteiger partial charge in [-0.25, -0.2) is 0 Å². The van der Waals surface area contributed by atoms with E-state index in [1.54, 1.807) is 18.2 Å². The Kier molecular flexibility index (Phi) is 15.9. The van der Waals surface area contributed by atoms with Crippen LogP contribution in [0, 0.1) is 0 Å². The Morgan fingerprint density at radius 2 is 0.647 bits per heavy atom. The standard InChI is InChI=1S/3C10H14O.Al/c3*1-3-8-6-5-7-10(11)9(8)4-2;/h3*5-7,11H,3-4H2,1-2H3;/q;;;+3/p-3. The van der Waals surface area contributed by atoms with Crippen molar-refractivity contribution in [1.29, 1.82) is 0 Å². The summed E-state index contributed by atoms with van der Waals surface area (Å²) in [5.41, 5.74) is 6.53. The van der Waals surface area contributed by atoms with E-state index < -0.39 is 0 Å². The fourth-order valence-corrected chi connectivity index (χ4v) is 4.03. The smallest absolute Gasteiger partial charge is 0.872 e. The van der Waals surface area contributed by atoms with Crippen LogP contribution in [0.5, 0.6) is 17.2 Å². The van der Waals surface area contributed by atoms with Crippen molar-refractivity contribution >= 4 is 17.4 Å². The molecule has 0 amide bonds. The van der Waals surface area contributed by atoms with Gasteiger partial charge in [-0.15, -0.1) is 17.2 Å². The molecule has 4 heteroatoms. The normalized spacial score (nSPS) is 9.71. The summed E-state index contributed by atoms with van der Waals surface area (Å²) < 4.78 is 0. The first-order valence-electron chi connectivity index (χ1n) is 12.2. The van der Waals surface area contributed by atoms with Crippen LogP contribution >= 0.6 is 0 Å². The maximum atomic E-state index is 11.2. The third-order valence-corrected chi connectivity index (χ3v) is 5.89. The molecule has 180 valence electrons. The zero-order chi connectivity index (χ0) is 24.8. The topological polar surface area (TPSA) is 69.2 Å². The molecule has 0 unspecified atom stereocenters. The maximum absolute atomic E-state index is 11.2. The summed E-state index contributed by atoms with van der Waals surface area (Å²) in [5, 5.41) is 33.7. The van der Waals surface area contributed by atoms with E-state index in [9.17, 15) is 15.3 Å². The van der Waals surface area contributed by atoms with Gasteiger partial charge in [-0.2, -0.15) is 0 Å². The van der Waals surface area contributed by atoms with Gasteiger partial charge in [0.2, 0.25) is 0 Å². The largest absolute Gasteiger partial charge is 3.00 e. The van der Waals surface area contributed by atoms with Crippen LogP contribution in [0.2, 0.25) is 0 Å². The number of hydrogen-bond acceptors (Lipinski definition) is 3. The molecule has 0 aromatic heterocycles. The molecule has 0 radical (unpaired) electrons. The Balaban J connectivity index is 0.000000473. The summed E-state index contributed by atoms with van der Waals surface area (Å²) in [6.45, 7) is 12.3. The molecule has 0 aliphatic heterocycles. The predicted molar refractivity (Wildman–Crippen MR) is 140 cm³/mol. The molecular formula is C30H39AlO3. The van der Waals surface area contributed by atoms with Crippen molar-refractivity contribution < 1.29 is 15.3 Å². The van der Waals surface area contributed by atoms with E-state index in [1.807, 2.05) is 57.2 Å². The molecule has 3 aromatic carbocycles. The first-order valence-corrected chi connectivity index (χ1v) is 12.2. The second-order valence-corrected chi connectivity index (χ2v) is 7.80. The second kappa shape index (κ2) is 17.1. The average molecular weight is 475 g/mol. The molecule has 0 fully saturated rings. The van der Waals surface area contributed by atoms with Crippen LogP contribution in [0.4, 0.5) is 0 Å². The van der Waals surface area contributed by atoms with Crippen molar-refractivity contribution in [1.82, 2.24) is 0 Å². The van der Waals surface area contributed by atoms with Crippen molar-refractivity contribution in [2.45, 2.75) is 80.1 Å². The van der Waals surface area contributed by atoms with Gasteiger partial charge in [-0.1, -0.05) is 113 Å². The van der Waals surface area contributed by atoms with Crippen LogP contribution in [0.15, 0.2) is 54.6 Å². The van der Waals surface area contributed by atoms with Crippen molar-refractivity contribution in [2.75, 3.05) is 0 Å². The summed E-state index contributed by atoms with van der Waals surface area (Å²) in [5.74, 6) is 0.561. The van der Waals surface area contributed by atoms with Gasteiger partial charge < -0.3 is 15.3 Å². The van der Waals surface area contributed by atoms with Crippen molar-refractivity contribution in [3.05, 3.63) is 88.0 Å². The number of benzene rings is 3. The van der Waals surface area contributed by atoms with Gasteiger partial charge >= 0.3 is 17.4 Å². The predicted octanol–water partition coefficient (Wildman–Crippen LogP) is 5.27. The molecule has 0 spiro atoms. The summed E-state index contributed by atoms with van der Waals surface area (Å²) in [6.07, 6.45) is 5.42. The minimum absolute atomic E-state index is 0. The first-order chi connectivity index (χ1) is 15.9. The van der Waals surface area contributed by atoms with Crippen LogP contribution in [0.1, 0.15) is 74.9 Å². The quantitative estimate of drug-likeness (QED) is 0.457. The minimum atomic E-state index is 0. The fraction of sp³-hybridized carbons (Fsp3) is 0.400. The third kappa shape index (κ3) is 9.09. The summed E-state index contributed by atoms with van der Waals surface area (Å²) in [7, 11) is 0. The van der Waals surface area contributed by atoms with Gasteiger partial charge in [0, 0.05) is 0 Å². The Hall–Kier alpha value is -2.41. The van der Waals surface area contributed by atoms with Crippen molar-refractivity contribution in [2.24, 2.45) is 0 Å². The molecule has 0 saturated heterocycles. The van der Waals surface area contributed by atoms with E-state index in [2.05, 4.69) is 20.8 Å². The van der Waals surface area contributed by atoms with Gasteiger partial charge in [0.05, 0.1) is 0 Å². The molecular weight excluding hydrogens is 435 g/mol. The van der Waals surface area contributed by atoms with Crippen LogP contribution in [-0.4, -0.2) is 17.4 Å². The van der Waals surface area contributed by atoms with Gasteiger partial charge in [0.25, 0.3) is 0 Å². The monoisotopic (exact) mass is 474 g/mol. The van der Waals surface area contributed by atoms with E-state index in [1.165, 1.54) is 16.7 Å². The molecule has 0 heterocycles. The Morgan fingerprint density at radius 1 is 0.412 bits per heavy atom. The minimum Gasteiger partial charge on any atom is -0.872 e. The summed E-state index contributed by atoms with van der Waals surface area (Å²) in [6, 6.07) is 16.5. The van der Waals surface area contributed by atoms with Crippen LogP contribution in [0.25, 0.3) is 0 Å².